The Morgan fingerprint density at radius 3 is 2.56 bits per heavy atom. The third kappa shape index (κ3) is 3.14. The Balaban J connectivity index is 0.00000162. The van der Waals surface area contributed by atoms with Gasteiger partial charge >= 0.3 is 0 Å². The van der Waals surface area contributed by atoms with E-state index in [4.69, 9.17) is 5.14 Å². The van der Waals surface area contributed by atoms with E-state index in [1.54, 1.807) is 17.9 Å². The number of rotatable bonds is 3. The van der Waals surface area contributed by atoms with Crippen molar-refractivity contribution >= 4 is 28.3 Å². The number of likely N-dealkylation sites (tertiary alicyclic amines) is 1. The summed E-state index contributed by atoms with van der Waals surface area (Å²) in [5.41, 5.74) is 0.523. The highest BCUT2D eigenvalue weighted by molar-refractivity contribution is 7.90. The average molecular weight is 296 g/mol. The first-order chi connectivity index (χ1) is 7.88. The molecule has 0 saturated carbocycles. The van der Waals surface area contributed by atoms with Crippen molar-refractivity contribution in [2.75, 3.05) is 24.4 Å². The van der Waals surface area contributed by atoms with Gasteiger partial charge < -0.3 is 4.90 Å². The molecule has 0 aliphatic carbocycles. The van der Waals surface area contributed by atoms with Crippen LogP contribution in [0.4, 0.5) is 5.69 Å². The minimum atomic E-state index is -3.76. The first-order valence-electron chi connectivity index (χ1n) is 5.37. The van der Waals surface area contributed by atoms with E-state index in [0.29, 0.717) is 12.2 Å². The molecule has 0 aromatic carbocycles. The van der Waals surface area contributed by atoms with Gasteiger partial charge in [0.1, 0.15) is 0 Å². The van der Waals surface area contributed by atoms with Crippen LogP contribution in [-0.2, 0) is 17.3 Å². The van der Waals surface area contributed by atoms with Crippen molar-refractivity contribution in [3.05, 3.63) is 12.4 Å². The maximum atomic E-state index is 11.7. The van der Waals surface area contributed by atoms with Gasteiger partial charge in [0.05, 0.1) is 17.9 Å². The molecule has 0 radical (unpaired) electrons. The molecule has 1 aromatic heterocycles. The van der Waals surface area contributed by atoms with Gasteiger partial charge in [0.25, 0.3) is 10.2 Å². The first kappa shape index (κ1) is 15.2. The van der Waals surface area contributed by atoms with Crippen molar-refractivity contribution in [1.82, 2.24) is 14.7 Å². The molecule has 1 aliphatic heterocycles. The largest absolute Gasteiger partial charge is 0.304 e. The molecule has 7 nitrogen and oxygen atoms in total. The predicted octanol–water partition coefficient (Wildman–Crippen LogP) is -0.444. The molecule has 1 saturated heterocycles. The molecule has 9 heteroatoms. The van der Waals surface area contributed by atoms with Crippen LogP contribution in [0.25, 0.3) is 0 Å². The Morgan fingerprint density at radius 2 is 2.17 bits per heavy atom. The van der Waals surface area contributed by atoms with Gasteiger partial charge in [-0.05, 0) is 20.0 Å². The van der Waals surface area contributed by atoms with Crippen molar-refractivity contribution < 1.29 is 8.42 Å². The summed E-state index contributed by atoms with van der Waals surface area (Å²) in [7, 11) is -0.0536. The van der Waals surface area contributed by atoms with Gasteiger partial charge in [-0.3, -0.25) is 8.99 Å². The van der Waals surface area contributed by atoms with Crippen LogP contribution in [0.15, 0.2) is 12.4 Å². The number of nitrogens with two attached hydrogens (primary N) is 1. The predicted molar refractivity (Wildman–Crippen MR) is 71.9 cm³/mol. The lowest BCUT2D eigenvalue weighted by molar-refractivity contribution is 0.411. The zero-order valence-electron chi connectivity index (χ0n) is 10.4. The zero-order valence-corrected chi connectivity index (χ0v) is 12.0. The first-order valence-corrected chi connectivity index (χ1v) is 6.87. The average Bonchev–Trinajstić information content (AvgIpc) is 2.75. The number of likely N-dealkylation sites (N-methyl/N-ethyl adjacent to an activating group) is 1. The molecule has 0 amide bonds. The van der Waals surface area contributed by atoms with Gasteiger partial charge in [0.2, 0.25) is 0 Å². The van der Waals surface area contributed by atoms with E-state index in [9.17, 15) is 8.42 Å². The maximum Gasteiger partial charge on any atom is 0.299 e. The normalized spacial score (nSPS) is 20.7. The van der Waals surface area contributed by atoms with E-state index in [1.807, 2.05) is 7.05 Å². The molecule has 1 fully saturated rings. The van der Waals surface area contributed by atoms with Gasteiger partial charge in [0, 0.05) is 19.8 Å². The van der Waals surface area contributed by atoms with Crippen LogP contribution in [0, 0.1) is 0 Å². The van der Waals surface area contributed by atoms with Crippen LogP contribution in [0.1, 0.15) is 6.42 Å². The van der Waals surface area contributed by atoms with E-state index < -0.39 is 10.2 Å². The molecule has 18 heavy (non-hydrogen) atoms. The number of aryl methyl sites for hydroxylation is 1. The summed E-state index contributed by atoms with van der Waals surface area (Å²) in [5, 5.41) is 9.27. The molecule has 1 aromatic rings. The Bertz CT molecular complexity index is 503. The smallest absolute Gasteiger partial charge is 0.299 e. The minimum Gasteiger partial charge on any atom is -0.304 e. The number of halogens is 1. The highest BCUT2D eigenvalue weighted by atomic mass is 35.5. The van der Waals surface area contributed by atoms with Crippen LogP contribution < -0.4 is 9.44 Å². The topological polar surface area (TPSA) is 84.5 Å². The number of nitrogens with zero attached hydrogens (tertiary/aromatic N) is 4. The number of aromatic nitrogens is 2. The third-order valence-electron chi connectivity index (χ3n) is 2.92. The summed E-state index contributed by atoms with van der Waals surface area (Å²) >= 11 is 0. The summed E-state index contributed by atoms with van der Waals surface area (Å²) < 4.78 is 26.2. The fraction of sp³-hybridized carbons (Fsp3) is 0.667. The Hall–Kier alpha value is -0.830. The number of hydrogen-bond donors (Lipinski definition) is 1. The lowest BCUT2D eigenvalue weighted by atomic mass is 10.2. The molecule has 104 valence electrons. The summed E-state index contributed by atoms with van der Waals surface area (Å²) in [5.74, 6) is 0. The van der Waals surface area contributed by atoms with Gasteiger partial charge in [-0.2, -0.15) is 13.5 Å². The van der Waals surface area contributed by atoms with Gasteiger partial charge in [-0.15, -0.1) is 12.4 Å². The highest BCUT2D eigenvalue weighted by Crippen LogP contribution is 2.23. The SMILES string of the molecule is CN1CC[C@@H](N(c2cnn(C)c2)S(N)(=O)=O)C1.Cl. The quantitative estimate of drug-likeness (QED) is 0.819. The summed E-state index contributed by atoms with van der Waals surface area (Å²) in [4.78, 5) is 2.08. The molecule has 2 rings (SSSR count). The summed E-state index contributed by atoms with van der Waals surface area (Å²) in [6, 6.07) is -0.112. The number of anilines is 1. The second-order valence-corrected chi connectivity index (χ2v) is 5.84. The second-order valence-electron chi connectivity index (χ2n) is 4.42. The zero-order chi connectivity index (χ0) is 12.6. The lowest BCUT2D eigenvalue weighted by Gasteiger charge is -2.26. The fourth-order valence-electron chi connectivity index (χ4n) is 2.19. The Morgan fingerprint density at radius 1 is 1.50 bits per heavy atom. The summed E-state index contributed by atoms with van der Waals surface area (Å²) in [6.45, 7) is 1.56. The van der Waals surface area contributed by atoms with E-state index >= 15 is 0 Å². The van der Waals surface area contributed by atoms with Gasteiger partial charge in [-0.1, -0.05) is 0 Å². The van der Waals surface area contributed by atoms with Crippen LogP contribution in [0.2, 0.25) is 0 Å². The molecule has 1 atom stereocenters. The fourth-order valence-corrected chi connectivity index (χ4v) is 3.17. The Labute approximate surface area is 113 Å². The van der Waals surface area contributed by atoms with Crippen LogP contribution in [-0.4, -0.2) is 49.3 Å². The van der Waals surface area contributed by atoms with Crippen molar-refractivity contribution in [2.45, 2.75) is 12.5 Å². The van der Waals surface area contributed by atoms with Crippen molar-refractivity contribution in [1.29, 1.82) is 0 Å². The van der Waals surface area contributed by atoms with Crippen molar-refractivity contribution in [3.63, 3.8) is 0 Å². The van der Waals surface area contributed by atoms with Crippen LogP contribution in [0.5, 0.6) is 0 Å². The second kappa shape index (κ2) is 5.43. The molecular formula is C9H18ClN5O2S. The molecule has 1 aliphatic rings. The molecule has 0 unspecified atom stereocenters. The van der Waals surface area contributed by atoms with Crippen molar-refractivity contribution in [2.24, 2.45) is 12.2 Å². The lowest BCUT2D eigenvalue weighted by Crippen LogP contribution is -2.45. The van der Waals surface area contributed by atoms with E-state index in [1.165, 1.54) is 10.5 Å². The van der Waals surface area contributed by atoms with E-state index in [0.717, 1.165) is 13.0 Å². The molecule has 0 spiro atoms. The molecule has 2 N–H and O–H groups in total. The maximum absolute atomic E-state index is 11.7. The molecular weight excluding hydrogens is 278 g/mol. The van der Waals surface area contributed by atoms with E-state index in [2.05, 4.69) is 10.00 Å². The third-order valence-corrected chi connectivity index (χ3v) is 3.98. The molecule has 0 bridgehead atoms. The van der Waals surface area contributed by atoms with Gasteiger partial charge in [0.15, 0.2) is 0 Å². The monoisotopic (exact) mass is 295 g/mol. The molecule has 2 heterocycles. The van der Waals surface area contributed by atoms with Crippen LogP contribution in [0.3, 0.4) is 0 Å². The Kier molecular flexibility index (Phi) is 4.60. The van der Waals surface area contributed by atoms with Crippen LogP contribution >= 0.6 is 12.4 Å². The minimum absolute atomic E-state index is 0. The number of hydrogen-bond acceptors (Lipinski definition) is 4. The standard InChI is InChI=1S/C9H17N5O2S.ClH/c1-12-4-3-8(6-12)14(17(10,15)16)9-5-11-13(2)7-9;/h5,7-8H,3-4,6H2,1-2H3,(H2,10,15,16);1H/t8-;/m1./s1. The van der Waals surface area contributed by atoms with Gasteiger partial charge in [-0.25, -0.2) is 5.14 Å². The highest BCUT2D eigenvalue weighted by Gasteiger charge is 2.32. The van der Waals surface area contributed by atoms with E-state index in [-0.39, 0.29) is 18.4 Å². The van der Waals surface area contributed by atoms with Crippen molar-refractivity contribution in [3.8, 4) is 0 Å². The summed E-state index contributed by atoms with van der Waals surface area (Å²) in [6.07, 6.45) is 3.95.